The molecule has 5 amide bonds. The minimum Gasteiger partial charge on any atom is -0.374 e. The lowest BCUT2D eigenvalue weighted by Crippen LogP contribution is -2.51. The van der Waals surface area contributed by atoms with Crippen molar-refractivity contribution in [1.82, 2.24) is 34.6 Å². The van der Waals surface area contributed by atoms with E-state index in [1.165, 1.54) is 27.9 Å². The summed E-state index contributed by atoms with van der Waals surface area (Å²) < 4.78 is 18.0. The predicted octanol–water partition coefficient (Wildman–Crippen LogP) is 5.17. The summed E-state index contributed by atoms with van der Waals surface area (Å²) in [5.74, 6) is -1.35. The molecular formula is C47H49FN10O5S. The van der Waals surface area contributed by atoms with Gasteiger partial charge in [-0.25, -0.2) is 14.4 Å². The Bertz CT molecular complexity index is 2580. The molecule has 5 aliphatic rings. The molecule has 2 atom stereocenters. The Morgan fingerprint density at radius 3 is 2.39 bits per heavy atom. The van der Waals surface area contributed by atoms with Crippen LogP contribution in [0.4, 0.5) is 20.9 Å². The smallest absolute Gasteiger partial charge is 0.255 e. The van der Waals surface area contributed by atoms with Crippen LogP contribution in [0, 0.1) is 5.82 Å². The van der Waals surface area contributed by atoms with Crippen LogP contribution in [0.1, 0.15) is 76.9 Å². The first kappa shape index (κ1) is 41.5. The van der Waals surface area contributed by atoms with E-state index in [1.807, 2.05) is 45.9 Å². The van der Waals surface area contributed by atoms with Crippen LogP contribution >= 0.6 is 11.3 Å². The first-order chi connectivity index (χ1) is 31.1. The van der Waals surface area contributed by atoms with Gasteiger partial charge in [0.25, 0.3) is 11.8 Å². The molecule has 330 valence electrons. The van der Waals surface area contributed by atoms with Crippen molar-refractivity contribution < 1.29 is 28.4 Å². The molecule has 0 spiro atoms. The van der Waals surface area contributed by atoms with Crippen molar-refractivity contribution in [2.24, 2.45) is 0 Å². The Labute approximate surface area is 373 Å². The van der Waals surface area contributed by atoms with Crippen LogP contribution in [-0.4, -0.2) is 111 Å². The summed E-state index contributed by atoms with van der Waals surface area (Å²) in [6.07, 6.45) is 7.56. The Morgan fingerprint density at radius 2 is 1.66 bits per heavy atom. The van der Waals surface area contributed by atoms with Gasteiger partial charge in [-0.15, -0.1) is 11.3 Å². The lowest BCUT2D eigenvalue weighted by Gasteiger charge is -2.38. The number of carbonyl (C=O) groups excluding carboxylic acids is 5. The number of piperidine rings is 2. The summed E-state index contributed by atoms with van der Waals surface area (Å²) in [6, 6.07) is 17.8. The fraction of sp³-hybridized carbons (Fsp3) is 0.383. The first-order valence-corrected chi connectivity index (χ1v) is 23.0. The SMILES string of the molecule is O=C1CCC(Nc2ccc(C3CCN(C(=O)CN4CCN(c5ccc(-c6cc(F)c7c(c6)C(=O)N(C(C(=O)Nc6nccs6)c6ncn8c6CCC8)C7)cc5)CC4)CC3)cc2)C(=O)N1. The molecule has 3 N–H and O–H groups in total. The number of fused-ring (bicyclic) bond motifs is 2. The number of anilines is 3. The Balaban J connectivity index is 0.721. The summed E-state index contributed by atoms with van der Waals surface area (Å²) in [7, 11) is 0. The van der Waals surface area contributed by atoms with Crippen molar-refractivity contribution in [3.63, 3.8) is 0 Å². The van der Waals surface area contributed by atoms with E-state index in [1.54, 1.807) is 24.0 Å². The van der Waals surface area contributed by atoms with Gasteiger partial charge in [0.05, 0.1) is 25.1 Å². The fourth-order valence-electron chi connectivity index (χ4n) is 9.83. The zero-order chi connectivity index (χ0) is 43.9. The molecule has 15 nitrogen and oxygen atoms in total. The third-order valence-electron chi connectivity index (χ3n) is 13.4. The number of aromatic nitrogens is 3. The average Bonchev–Trinajstić information content (AvgIpc) is 4.14. The van der Waals surface area contributed by atoms with Crippen molar-refractivity contribution in [1.29, 1.82) is 0 Å². The number of benzene rings is 3. The van der Waals surface area contributed by atoms with E-state index in [-0.39, 0.29) is 35.4 Å². The van der Waals surface area contributed by atoms with Crippen molar-refractivity contribution in [3.8, 4) is 11.1 Å². The molecule has 3 aromatic carbocycles. The molecule has 5 aliphatic heterocycles. The number of amides is 5. The Hall–Kier alpha value is -6.46. The quantitative estimate of drug-likeness (QED) is 0.151. The van der Waals surface area contributed by atoms with Gasteiger partial charge >= 0.3 is 0 Å². The van der Waals surface area contributed by atoms with E-state index < -0.39 is 29.7 Å². The molecule has 0 aliphatic carbocycles. The van der Waals surface area contributed by atoms with Crippen molar-refractivity contribution in [3.05, 3.63) is 112 Å². The molecule has 2 aromatic heterocycles. The van der Waals surface area contributed by atoms with E-state index in [2.05, 4.69) is 47.9 Å². The molecule has 3 fully saturated rings. The molecule has 17 heteroatoms. The van der Waals surface area contributed by atoms with Gasteiger partial charge < -0.3 is 24.6 Å². The van der Waals surface area contributed by atoms with E-state index in [0.717, 1.165) is 81.0 Å². The lowest BCUT2D eigenvalue weighted by molar-refractivity contribution is -0.134. The van der Waals surface area contributed by atoms with Gasteiger partial charge in [0, 0.05) is 92.0 Å². The maximum atomic E-state index is 15.9. The topological polar surface area (TPSA) is 165 Å². The number of hydrogen-bond donors (Lipinski definition) is 3. The van der Waals surface area contributed by atoms with Gasteiger partial charge in [-0.05, 0) is 91.1 Å². The van der Waals surface area contributed by atoms with Crippen molar-refractivity contribution >= 4 is 57.4 Å². The van der Waals surface area contributed by atoms with Gasteiger partial charge in [-0.3, -0.25) is 39.5 Å². The zero-order valence-electron chi connectivity index (χ0n) is 35.3. The van der Waals surface area contributed by atoms with Crippen LogP contribution in [0.25, 0.3) is 11.1 Å². The molecule has 0 bridgehead atoms. The highest BCUT2D eigenvalue weighted by Gasteiger charge is 2.42. The first-order valence-electron chi connectivity index (χ1n) is 22.1. The molecule has 0 saturated carbocycles. The second-order valence-electron chi connectivity index (χ2n) is 17.3. The van der Waals surface area contributed by atoms with E-state index >= 15 is 4.39 Å². The summed E-state index contributed by atoms with van der Waals surface area (Å²) in [5, 5.41) is 10.6. The predicted molar refractivity (Wildman–Crippen MR) is 239 cm³/mol. The number of nitrogens with one attached hydrogen (secondary N) is 3. The third-order valence-corrected chi connectivity index (χ3v) is 14.1. The molecule has 0 radical (unpaired) electrons. The van der Waals surface area contributed by atoms with E-state index in [4.69, 9.17) is 0 Å². The molecule has 64 heavy (non-hydrogen) atoms. The van der Waals surface area contributed by atoms with Gasteiger partial charge in [0.15, 0.2) is 11.2 Å². The van der Waals surface area contributed by atoms with Crippen LogP contribution in [0.2, 0.25) is 0 Å². The lowest BCUT2D eigenvalue weighted by atomic mass is 9.89. The van der Waals surface area contributed by atoms with Gasteiger partial charge in [0.1, 0.15) is 11.9 Å². The van der Waals surface area contributed by atoms with Crippen LogP contribution in [0.5, 0.6) is 0 Å². The number of imidazole rings is 1. The second kappa shape index (κ2) is 17.6. The molecule has 3 saturated heterocycles. The molecule has 5 aromatic rings. The number of thiazole rings is 1. The van der Waals surface area contributed by atoms with Crippen LogP contribution in [-0.2, 0) is 38.7 Å². The molecule has 7 heterocycles. The molecular weight excluding hydrogens is 836 g/mol. The van der Waals surface area contributed by atoms with Gasteiger partial charge in [-0.2, -0.15) is 0 Å². The summed E-state index contributed by atoms with van der Waals surface area (Å²) in [4.78, 5) is 81.7. The number of piperazine rings is 1. The highest BCUT2D eigenvalue weighted by Crippen LogP contribution is 2.38. The summed E-state index contributed by atoms with van der Waals surface area (Å²) in [5.41, 5.74) is 6.37. The zero-order valence-corrected chi connectivity index (χ0v) is 36.1. The summed E-state index contributed by atoms with van der Waals surface area (Å²) >= 11 is 1.28. The average molecular weight is 885 g/mol. The number of nitrogens with zero attached hydrogens (tertiary/aromatic N) is 7. The van der Waals surface area contributed by atoms with Crippen LogP contribution in [0.3, 0.4) is 0 Å². The minimum atomic E-state index is -1.05. The number of rotatable bonds is 11. The number of hydrogen-bond acceptors (Lipinski definition) is 11. The normalized spacial score (nSPS) is 19.7. The van der Waals surface area contributed by atoms with E-state index in [0.29, 0.717) is 54.8 Å². The number of carbonyl (C=O) groups is 5. The number of halogens is 1. The number of likely N-dealkylation sites (tertiary alicyclic amines) is 1. The minimum absolute atomic E-state index is 0.0527. The number of imide groups is 1. The summed E-state index contributed by atoms with van der Waals surface area (Å²) in [6.45, 7) is 5.59. The Morgan fingerprint density at radius 1 is 0.875 bits per heavy atom. The fourth-order valence-corrected chi connectivity index (χ4v) is 10.4. The van der Waals surface area contributed by atoms with E-state index in [9.17, 15) is 24.0 Å². The van der Waals surface area contributed by atoms with Crippen LogP contribution in [0.15, 0.2) is 78.6 Å². The van der Waals surface area contributed by atoms with Crippen LogP contribution < -0.4 is 20.9 Å². The number of aryl methyl sites for hydroxylation is 1. The molecule has 2 unspecified atom stereocenters. The highest BCUT2D eigenvalue weighted by molar-refractivity contribution is 7.13. The molecule has 10 rings (SSSR count). The largest absolute Gasteiger partial charge is 0.374 e. The second-order valence-corrected chi connectivity index (χ2v) is 18.1. The van der Waals surface area contributed by atoms with Gasteiger partial charge in [0.2, 0.25) is 17.7 Å². The monoisotopic (exact) mass is 884 g/mol. The Kier molecular flexibility index (Phi) is 11.4. The van der Waals surface area contributed by atoms with Gasteiger partial charge in [-0.1, -0.05) is 24.3 Å². The van der Waals surface area contributed by atoms with Crippen molar-refractivity contribution in [2.75, 3.05) is 61.3 Å². The third kappa shape index (κ3) is 8.36. The standard InChI is InChI=1S/C47H49FN10O5S/c48-37-25-32(24-35-36(37)26-58(46(35)63)43(45(62)53-47-49-15-23-64-47)42-39-2-1-16-57(39)28-50-42)30-5-9-34(10-6-30)55-21-19-54(20-22-55)27-41(60)56-17-13-31(14-18-56)29-3-7-33(8-4-29)51-38-11-12-40(59)52-44(38)61/h3-10,15,23-25,28,31,38,43,51H,1-2,11-14,16-22,26-27H2,(H,49,53,62)(H,52,59,61). The van der Waals surface area contributed by atoms with Crippen molar-refractivity contribution in [2.45, 2.75) is 69.6 Å². The maximum absolute atomic E-state index is 15.9. The maximum Gasteiger partial charge on any atom is 0.255 e. The highest BCUT2D eigenvalue weighted by atomic mass is 32.1.